The van der Waals surface area contributed by atoms with E-state index in [0.29, 0.717) is 0 Å². The van der Waals surface area contributed by atoms with Crippen LogP contribution in [0.5, 0.6) is 0 Å². The van der Waals surface area contributed by atoms with Crippen molar-refractivity contribution in [2.24, 2.45) is 5.73 Å². The topological polar surface area (TPSA) is 47.3 Å². The van der Waals surface area contributed by atoms with E-state index < -0.39 is 0 Å². The number of nitrogens with one attached hydrogen (secondary N) is 1. The SMILES string of the molecule is Cc1ccc(C(N)CC2CNCCO2)cc1. The zero-order chi connectivity index (χ0) is 11.4. The summed E-state index contributed by atoms with van der Waals surface area (Å²) in [6.07, 6.45) is 1.14. The van der Waals surface area contributed by atoms with Crippen LogP contribution in [0.4, 0.5) is 0 Å². The monoisotopic (exact) mass is 220 g/mol. The molecule has 16 heavy (non-hydrogen) atoms. The molecule has 88 valence electrons. The minimum Gasteiger partial charge on any atom is -0.376 e. The maximum absolute atomic E-state index is 6.17. The highest BCUT2D eigenvalue weighted by Crippen LogP contribution is 2.18. The average molecular weight is 220 g/mol. The molecular weight excluding hydrogens is 200 g/mol. The maximum Gasteiger partial charge on any atom is 0.0718 e. The van der Waals surface area contributed by atoms with Gasteiger partial charge in [0, 0.05) is 19.1 Å². The Kier molecular flexibility index (Phi) is 3.93. The lowest BCUT2D eigenvalue weighted by Gasteiger charge is -2.26. The van der Waals surface area contributed by atoms with E-state index in [4.69, 9.17) is 10.5 Å². The van der Waals surface area contributed by atoms with Crippen molar-refractivity contribution in [3.05, 3.63) is 35.4 Å². The van der Waals surface area contributed by atoms with E-state index in [9.17, 15) is 0 Å². The molecule has 3 heteroatoms. The van der Waals surface area contributed by atoms with Crippen molar-refractivity contribution in [2.75, 3.05) is 19.7 Å². The number of nitrogens with two attached hydrogens (primary N) is 1. The Labute approximate surface area is 97.0 Å². The Hall–Kier alpha value is -0.900. The minimum atomic E-state index is 0.0745. The number of morpholine rings is 1. The second-order valence-electron chi connectivity index (χ2n) is 4.45. The number of hydrogen-bond donors (Lipinski definition) is 2. The quantitative estimate of drug-likeness (QED) is 0.809. The van der Waals surface area contributed by atoms with Crippen molar-refractivity contribution in [3.8, 4) is 0 Å². The van der Waals surface area contributed by atoms with Gasteiger partial charge in [-0.2, -0.15) is 0 Å². The van der Waals surface area contributed by atoms with Crippen molar-refractivity contribution < 1.29 is 4.74 Å². The van der Waals surface area contributed by atoms with Crippen LogP contribution in [0.1, 0.15) is 23.6 Å². The summed E-state index contributed by atoms with van der Waals surface area (Å²) in [5, 5.41) is 3.32. The van der Waals surface area contributed by atoms with Gasteiger partial charge in [0.25, 0.3) is 0 Å². The Morgan fingerprint density at radius 1 is 1.44 bits per heavy atom. The van der Waals surface area contributed by atoms with Crippen molar-refractivity contribution in [1.29, 1.82) is 0 Å². The first-order chi connectivity index (χ1) is 7.75. The summed E-state index contributed by atoms with van der Waals surface area (Å²) >= 11 is 0. The highest BCUT2D eigenvalue weighted by atomic mass is 16.5. The van der Waals surface area contributed by atoms with Gasteiger partial charge in [-0.05, 0) is 18.9 Å². The van der Waals surface area contributed by atoms with Gasteiger partial charge in [-0.15, -0.1) is 0 Å². The molecule has 1 saturated heterocycles. The molecule has 0 saturated carbocycles. The molecule has 2 rings (SSSR count). The van der Waals surface area contributed by atoms with Crippen molar-refractivity contribution in [3.63, 3.8) is 0 Å². The number of benzene rings is 1. The Balaban J connectivity index is 1.91. The lowest BCUT2D eigenvalue weighted by Crippen LogP contribution is -2.40. The first kappa shape index (κ1) is 11.6. The highest BCUT2D eigenvalue weighted by molar-refractivity contribution is 5.23. The molecule has 3 N–H and O–H groups in total. The van der Waals surface area contributed by atoms with Crippen LogP contribution >= 0.6 is 0 Å². The fourth-order valence-electron chi connectivity index (χ4n) is 2.00. The van der Waals surface area contributed by atoms with Crippen molar-refractivity contribution >= 4 is 0 Å². The van der Waals surface area contributed by atoms with Gasteiger partial charge >= 0.3 is 0 Å². The Morgan fingerprint density at radius 2 is 2.19 bits per heavy atom. The molecule has 0 aliphatic carbocycles. The van der Waals surface area contributed by atoms with E-state index >= 15 is 0 Å². The molecule has 1 aromatic carbocycles. The fourth-order valence-corrected chi connectivity index (χ4v) is 2.00. The molecule has 1 aromatic rings. The number of rotatable bonds is 3. The molecule has 0 amide bonds. The third-order valence-electron chi connectivity index (χ3n) is 3.03. The fraction of sp³-hybridized carbons (Fsp3) is 0.538. The molecule has 0 bridgehead atoms. The van der Waals surface area contributed by atoms with E-state index in [1.54, 1.807) is 0 Å². The van der Waals surface area contributed by atoms with Crippen LogP contribution in [-0.4, -0.2) is 25.8 Å². The first-order valence-electron chi connectivity index (χ1n) is 5.90. The van der Waals surface area contributed by atoms with Gasteiger partial charge in [0.2, 0.25) is 0 Å². The zero-order valence-corrected chi connectivity index (χ0v) is 9.78. The maximum atomic E-state index is 6.17. The zero-order valence-electron chi connectivity index (χ0n) is 9.78. The van der Waals surface area contributed by atoms with Crippen molar-refractivity contribution in [1.82, 2.24) is 5.32 Å². The van der Waals surface area contributed by atoms with Gasteiger partial charge in [0.05, 0.1) is 12.7 Å². The molecular formula is C13H20N2O. The largest absolute Gasteiger partial charge is 0.376 e. The lowest BCUT2D eigenvalue weighted by atomic mass is 10.00. The van der Waals surface area contributed by atoms with E-state index in [1.165, 1.54) is 11.1 Å². The summed E-state index contributed by atoms with van der Waals surface area (Å²) in [5.41, 5.74) is 8.63. The predicted molar refractivity (Wildman–Crippen MR) is 65.3 cm³/mol. The second kappa shape index (κ2) is 5.43. The van der Waals surface area contributed by atoms with Gasteiger partial charge in [-0.3, -0.25) is 0 Å². The standard InChI is InChI=1S/C13H20N2O/c1-10-2-4-11(5-3-10)13(14)8-12-9-15-6-7-16-12/h2-5,12-13,15H,6-9,14H2,1H3. The van der Waals surface area contributed by atoms with Crippen LogP contribution in [0.15, 0.2) is 24.3 Å². The molecule has 2 atom stereocenters. The van der Waals surface area contributed by atoms with Crippen LogP contribution in [0, 0.1) is 6.92 Å². The Bertz CT molecular complexity index is 317. The third kappa shape index (κ3) is 3.04. The van der Waals surface area contributed by atoms with Gasteiger partial charge in [0.15, 0.2) is 0 Å². The van der Waals surface area contributed by atoms with E-state index in [0.717, 1.165) is 26.1 Å². The van der Waals surface area contributed by atoms with Crippen LogP contribution in [0.3, 0.4) is 0 Å². The molecule has 1 heterocycles. The smallest absolute Gasteiger partial charge is 0.0718 e. The van der Waals surface area contributed by atoms with Crippen LogP contribution in [0.25, 0.3) is 0 Å². The summed E-state index contributed by atoms with van der Waals surface area (Å²) in [6.45, 7) is 4.75. The van der Waals surface area contributed by atoms with Crippen LogP contribution < -0.4 is 11.1 Å². The second-order valence-corrected chi connectivity index (χ2v) is 4.45. The molecule has 3 nitrogen and oxygen atoms in total. The number of ether oxygens (including phenoxy) is 1. The van der Waals surface area contributed by atoms with Gasteiger partial charge in [-0.1, -0.05) is 29.8 Å². The van der Waals surface area contributed by atoms with E-state index in [1.807, 2.05) is 0 Å². The van der Waals surface area contributed by atoms with E-state index in [2.05, 4.69) is 36.5 Å². The average Bonchev–Trinajstić information content (AvgIpc) is 2.31. The molecule has 1 aliphatic rings. The van der Waals surface area contributed by atoms with Gasteiger partial charge in [0.1, 0.15) is 0 Å². The normalized spacial score (nSPS) is 23.0. The summed E-state index contributed by atoms with van der Waals surface area (Å²) in [5.74, 6) is 0. The van der Waals surface area contributed by atoms with Crippen molar-refractivity contribution in [2.45, 2.75) is 25.5 Å². The van der Waals surface area contributed by atoms with Crippen LogP contribution in [0.2, 0.25) is 0 Å². The highest BCUT2D eigenvalue weighted by Gasteiger charge is 2.17. The number of aryl methyl sites for hydroxylation is 1. The van der Waals surface area contributed by atoms with Gasteiger partial charge in [-0.25, -0.2) is 0 Å². The molecule has 1 aliphatic heterocycles. The summed E-state index contributed by atoms with van der Waals surface area (Å²) in [6, 6.07) is 8.50. The first-order valence-corrected chi connectivity index (χ1v) is 5.90. The summed E-state index contributed by atoms with van der Waals surface area (Å²) in [4.78, 5) is 0. The predicted octanol–water partition coefficient (Wildman–Crippen LogP) is 1.37. The molecule has 0 spiro atoms. The van der Waals surface area contributed by atoms with Gasteiger partial charge < -0.3 is 15.8 Å². The molecule has 0 radical (unpaired) electrons. The van der Waals surface area contributed by atoms with E-state index in [-0.39, 0.29) is 12.1 Å². The molecule has 1 fully saturated rings. The minimum absolute atomic E-state index is 0.0745. The summed E-state index contributed by atoms with van der Waals surface area (Å²) in [7, 11) is 0. The third-order valence-corrected chi connectivity index (χ3v) is 3.03. The van der Waals surface area contributed by atoms with Crippen LogP contribution in [-0.2, 0) is 4.74 Å². The lowest BCUT2D eigenvalue weighted by molar-refractivity contribution is 0.0195. The number of hydrogen-bond acceptors (Lipinski definition) is 3. The molecule has 0 aromatic heterocycles. The molecule has 2 unspecified atom stereocenters. The summed E-state index contributed by atoms with van der Waals surface area (Å²) < 4.78 is 5.65. The Morgan fingerprint density at radius 3 is 2.81 bits per heavy atom.